The third-order valence-corrected chi connectivity index (χ3v) is 6.53. The van der Waals surface area contributed by atoms with Gasteiger partial charge in [0.2, 0.25) is 5.91 Å². The van der Waals surface area contributed by atoms with Gasteiger partial charge in [-0.2, -0.15) is 11.3 Å². The van der Waals surface area contributed by atoms with Crippen molar-refractivity contribution in [2.24, 2.45) is 0 Å². The molecular weight excluding hydrogens is 476 g/mol. The Morgan fingerprint density at radius 2 is 1.78 bits per heavy atom. The summed E-state index contributed by atoms with van der Waals surface area (Å²) >= 11 is 1.53. The Balaban J connectivity index is 1.69. The lowest BCUT2D eigenvalue weighted by molar-refractivity contribution is -0.116. The Morgan fingerprint density at radius 3 is 2.39 bits per heavy atom. The number of hydrogen-bond donors (Lipinski definition) is 2. The van der Waals surface area contributed by atoms with Gasteiger partial charge in [0.15, 0.2) is 0 Å². The number of likely N-dealkylation sites (N-methyl/N-ethyl adjacent to an activating group) is 1. The maximum atomic E-state index is 13.1. The molecular formula is C27H28N4O4S. The molecule has 0 fully saturated rings. The lowest BCUT2D eigenvalue weighted by Crippen LogP contribution is -2.35. The van der Waals surface area contributed by atoms with Crippen molar-refractivity contribution in [2.45, 2.75) is 6.92 Å². The van der Waals surface area contributed by atoms with Crippen LogP contribution < -0.4 is 15.5 Å². The number of hydrogen-bond acceptors (Lipinski definition) is 7. The highest BCUT2D eigenvalue weighted by molar-refractivity contribution is 7.08. The summed E-state index contributed by atoms with van der Waals surface area (Å²) in [5, 5.41) is 10.2. The molecule has 0 aliphatic carbocycles. The van der Waals surface area contributed by atoms with Gasteiger partial charge < -0.3 is 25.2 Å². The minimum atomic E-state index is -0.467. The zero-order valence-electron chi connectivity index (χ0n) is 20.6. The van der Waals surface area contributed by atoms with Gasteiger partial charge in [-0.1, -0.05) is 6.07 Å². The molecule has 1 aliphatic heterocycles. The van der Waals surface area contributed by atoms with Gasteiger partial charge in [0.1, 0.15) is 0 Å². The van der Waals surface area contributed by atoms with Crippen LogP contribution in [0.4, 0.5) is 17.1 Å². The number of fused-ring (bicyclic) bond motifs is 1. The highest BCUT2D eigenvalue weighted by Crippen LogP contribution is 2.38. The van der Waals surface area contributed by atoms with Crippen LogP contribution in [0.25, 0.3) is 11.3 Å². The molecule has 1 aromatic heterocycles. The Labute approximate surface area is 214 Å². The summed E-state index contributed by atoms with van der Waals surface area (Å²) in [6.45, 7) is 2.90. The molecule has 1 aliphatic rings. The minimum Gasteiger partial charge on any atom is -0.465 e. The number of ether oxygens (including phenoxy) is 1. The molecule has 0 radical (unpaired) electrons. The summed E-state index contributed by atoms with van der Waals surface area (Å²) in [5.41, 5.74) is 5.21. The van der Waals surface area contributed by atoms with Crippen molar-refractivity contribution in [3.63, 3.8) is 0 Å². The Hall–Kier alpha value is -3.95. The molecule has 0 saturated heterocycles. The summed E-state index contributed by atoms with van der Waals surface area (Å²) < 4.78 is 4.80. The first kappa shape index (κ1) is 25.2. The van der Waals surface area contributed by atoms with E-state index in [1.54, 1.807) is 30.0 Å². The summed E-state index contributed by atoms with van der Waals surface area (Å²) in [6, 6.07) is 14.5. The number of methoxy groups -OCH3 is 1. The van der Waals surface area contributed by atoms with Gasteiger partial charge in [0.05, 0.1) is 29.6 Å². The number of anilines is 3. The molecule has 0 spiro atoms. The SMILES string of the molecule is COC(=O)c1ccc2c(c1)NC(=O)C2=C(Nc1ccc(N(CCN(C)C)C(C)=O)cc1)c1ccsc1. The maximum Gasteiger partial charge on any atom is 0.337 e. The van der Waals surface area contributed by atoms with Crippen LogP contribution in [-0.2, 0) is 14.3 Å². The molecule has 0 atom stereocenters. The molecule has 186 valence electrons. The maximum absolute atomic E-state index is 13.1. The average Bonchev–Trinajstić information content (AvgIpc) is 3.50. The highest BCUT2D eigenvalue weighted by atomic mass is 32.1. The van der Waals surface area contributed by atoms with Gasteiger partial charge >= 0.3 is 5.97 Å². The van der Waals surface area contributed by atoms with Crippen LogP contribution in [-0.4, -0.2) is 57.0 Å². The Bertz CT molecular complexity index is 1310. The Morgan fingerprint density at radius 1 is 1.03 bits per heavy atom. The van der Waals surface area contributed by atoms with Gasteiger partial charge in [-0.15, -0.1) is 0 Å². The molecule has 2 amide bonds. The monoisotopic (exact) mass is 504 g/mol. The fraction of sp³-hybridized carbons (Fsp3) is 0.222. The van der Waals surface area contributed by atoms with E-state index in [0.29, 0.717) is 34.6 Å². The molecule has 2 heterocycles. The largest absolute Gasteiger partial charge is 0.465 e. The second-order valence-corrected chi connectivity index (χ2v) is 9.39. The van der Waals surface area contributed by atoms with Gasteiger partial charge in [-0.25, -0.2) is 4.79 Å². The quantitative estimate of drug-likeness (QED) is 0.350. The van der Waals surface area contributed by atoms with Crippen LogP contribution in [0.1, 0.15) is 28.4 Å². The van der Waals surface area contributed by atoms with Crippen LogP contribution in [0.5, 0.6) is 0 Å². The van der Waals surface area contributed by atoms with E-state index in [1.165, 1.54) is 18.4 Å². The fourth-order valence-corrected chi connectivity index (χ4v) is 4.64. The third kappa shape index (κ3) is 5.32. The first-order valence-electron chi connectivity index (χ1n) is 11.4. The van der Waals surface area contributed by atoms with E-state index >= 15 is 0 Å². The van der Waals surface area contributed by atoms with Crippen molar-refractivity contribution >= 4 is 57.5 Å². The number of thiophene rings is 1. The van der Waals surface area contributed by atoms with E-state index in [2.05, 4.69) is 10.6 Å². The molecule has 9 heteroatoms. The lowest BCUT2D eigenvalue weighted by atomic mass is 10.00. The van der Waals surface area contributed by atoms with Crippen LogP contribution in [0.3, 0.4) is 0 Å². The van der Waals surface area contributed by atoms with Gasteiger partial charge in [0.25, 0.3) is 5.91 Å². The highest BCUT2D eigenvalue weighted by Gasteiger charge is 2.29. The fourth-order valence-electron chi connectivity index (χ4n) is 3.99. The minimum absolute atomic E-state index is 0.0239. The molecule has 3 aromatic rings. The number of rotatable bonds is 8. The van der Waals surface area contributed by atoms with Crippen LogP contribution in [0, 0.1) is 0 Å². The number of nitrogens with one attached hydrogen (secondary N) is 2. The van der Waals surface area contributed by atoms with Gasteiger partial charge in [-0.3, -0.25) is 9.59 Å². The average molecular weight is 505 g/mol. The van der Waals surface area contributed by atoms with Gasteiger partial charge in [-0.05, 0) is 61.9 Å². The van der Waals surface area contributed by atoms with E-state index in [4.69, 9.17) is 4.74 Å². The first-order valence-corrected chi connectivity index (χ1v) is 12.3. The second-order valence-electron chi connectivity index (χ2n) is 8.61. The van der Waals surface area contributed by atoms with Gasteiger partial charge in [0, 0.05) is 47.9 Å². The van der Waals surface area contributed by atoms with Crippen LogP contribution >= 0.6 is 11.3 Å². The molecule has 2 aromatic carbocycles. The van der Waals surface area contributed by atoms with E-state index in [-0.39, 0.29) is 11.8 Å². The van der Waals surface area contributed by atoms with Crippen molar-refractivity contribution in [3.05, 3.63) is 76.0 Å². The number of amides is 2. The van der Waals surface area contributed by atoms with Crippen molar-refractivity contribution in [1.29, 1.82) is 0 Å². The van der Waals surface area contributed by atoms with E-state index < -0.39 is 5.97 Å². The normalized spacial score (nSPS) is 13.8. The summed E-state index contributed by atoms with van der Waals surface area (Å²) in [4.78, 5) is 41.0. The van der Waals surface area contributed by atoms with Crippen LogP contribution in [0.15, 0.2) is 59.3 Å². The van der Waals surface area contributed by atoms with E-state index in [0.717, 1.165) is 23.5 Å². The molecule has 0 bridgehead atoms. The molecule has 8 nitrogen and oxygen atoms in total. The molecule has 2 N–H and O–H groups in total. The summed E-state index contributed by atoms with van der Waals surface area (Å²) in [6.07, 6.45) is 0. The van der Waals surface area contributed by atoms with Crippen molar-refractivity contribution in [2.75, 3.05) is 49.8 Å². The third-order valence-electron chi connectivity index (χ3n) is 5.84. The smallest absolute Gasteiger partial charge is 0.337 e. The number of carbonyl (C=O) groups is 3. The predicted molar refractivity (Wildman–Crippen MR) is 144 cm³/mol. The molecule has 4 rings (SSSR count). The van der Waals surface area contributed by atoms with E-state index in [9.17, 15) is 14.4 Å². The first-order chi connectivity index (χ1) is 17.3. The molecule has 0 unspecified atom stereocenters. The van der Waals surface area contributed by atoms with Crippen LogP contribution in [0.2, 0.25) is 0 Å². The zero-order valence-corrected chi connectivity index (χ0v) is 21.4. The van der Waals surface area contributed by atoms with Crippen molar-refractivity contribution < 1.29 is 19.1 Å². The zero-order chi connectivity index (χ0) is 25.8. The number of esters is 1. The standard InChI is InChI=1S/C27H28N4O4S/c1-17(32)31(13-12-30(2)3)21-8-6-20(7-9-21)28-25(19-11-14-36-16-19)24-22-10-5-18(27(34)35-4)15-23(22)29-26(24)33/h5-11,14-16,28H,12-13H2,1-4H3,(H,29,33). The lowest BCUT2D eigenvalue weighted by Gasteiger charge is -2.23. The number of carbonyl (C=O) groups excluding carboxylic acids is 3. The second kappa shape index (κ2) is 10.8. The number of benzene rings is 2. The van der Waals surface area contributed by atoms with Crippen molar-refractivity contribution in [3.8, 4) is 0 Å². The van der Waals surface area contributed by atoms with E-state index in [1.807, 2.05) is 60.1 Å². The Kier molecular flexibility index (Phi) is 7.52. The summed E-state index contributed by atoms with van der Waals surface area (Å²) in [7, 11) is 5.26. The molecule has 36 heavy (non-hydrogen) atoms. The summed E-state index contributed by atoms with van der Waals surface area (Å²) in [5.74, 6) is -0.751. The topological polar surface area (TPSA) is 91.0 Å². The van der Waals surface area contributed by atoms with Crippen molar-refractivity contribution in [1.82, 2.24) is 4.90 Å². The predicted octanol–water partition coefficient (Wildman–Crippen LogP) is 4.38. The number of nitrogens with zero attached hydrogens (tertiary/aromatic N) is 2. The molecule has 0 saturated carbocycles.